The lowest BCUT2D eigenvalue weighted by atomic mass is 10.1. The fraction of sp³-hybridized carbons (Fsp3) is 0.682. The van der Waals surface area contributed by atoms with E-state index in [2.05, 4.69) is 59.5 Å². The van der Waals surface area contributed by atoms with Crippen LogP contribution in [0.1, 0.15) is 37.8 Å². The zero-order chi connectivity index (χ0) is 19.9. The highest BCUT2D eigenvalue weighted by molar-refractivity contribution is 14.0. The van der Waals surface area contributed by atoms with Gasteiger partial charge >= 0.3 is 0 Å². The quantitative estimate of drug-likeness (QED) is 0.316. The number of rotatable bonds is 8. The second-order valence-corrected chi connectivity index (χ2v) is 8.18. The molecule has 1 aromatic carbocycles. The number of halogens is 1. The molecule has 6 nitrogen and oxygen atoms in total. The van der Waals surface area contributed by atoms with Crippen LogP contribution in [0.25, 0.3) is 0 Å². The van der Waals surface area contributed by atoms with E-state index >= 15 is 0 Å². The highest BCUT2D eigenvalue weighted by Gasteiger charge is 2.24. The summed E-state index contributed by atoms with van der Waals surface area (Å²) in [6.45, 7) is 11.6. The Labute approximate surface area is 192 Å². The zero-order valence-electron chi connectivity index (χ0n) is 18.2. The summed E-state index contributed by atoms with van der Waals surface area (Å²) in [5.74, 6) is 2.56. The van der Waals surface area contributed by atoms with Crippen LogP contribution in [-0.2, 0) is 11.3 Å². The molecular weight excluding hydrogens is 479 g/mol. The van der Waals surface area contributed by atoms with Gasteiger partial charge in [-0.2, -0.15) is 0 Å². The second-order valence-electron chi connectivity index (χ2n) is 8.18. The minimum atomic E-state index is 0. The van der Waals surface area contributed by atoms with E-state index in [4.69, 9.17) is 9.47 Å². The van der Waals surface area contributed by atoms with Gasteiger partial charge in [0.25, 0.3) is 0 Å². The summed E-state index contributed by atoms with van der Waals surface area (Å²) in [6, 6.07) is 7.31. The van der Waals surface area contributed by atoms with Crippen molar-refractivity contribution < 1.29 is 9.47 Å². The van der Waals surface area contributed by atoms with Crippen molar-refractivity contribution in [2.75, 3.05) is 40.0 Å². The van der Waals surface area contributed by atoms with Crippen molar-refractivity contribution in [3.63, 3.8) is 0 Å². The van der Waals surface area contributed by atoms with Crippen molar-refractivity contribution in [1.82, 2.24) is 15.5 Å². The number of nitrogens with zero attached hydrogens (tertiary/aromatic N) is 2. The number of guanidine groups is 1. The molecule has 2 aliphatic rings. The van der Waals surface area contributed by atoms with Gasteiger partial charge in [-0.25, -0.2) is 0 Å². The van der Waals surface area contributed by atoms with Crippen LogP contribution in [0.3, 0.4) is 0 Å². The fourth-order valence-electron chi connectivity index (χ4n) is 3.59. The van der Waals surface area contributed by atoms with Gasteiger partial charge < -0.3 is 20.1 Å². The van der Waals surface area contributed by atoms with E-state index in [0.717, 1.165) is 50.5 Å². The summed E-state index contributed by atoms with van der Waals surface area (Å²) < 4.78 is 11.6. The van der Waals surface area contributed by atoms with Crippen LogP contribution in [0.15, 0.2) is 23.2 Å². The predicted molar refractivity (Wildman–Crippen MR) is 129 cm³/mol. The molecule has 2 unspecified atom stereocenters. The summed E-state index contributed by atoms with van der Waals surface area (Å²) >= 11 is 0. The summed E-state index contributed by atoms with van der Waals surface area (Å²) in [7, 11) is 1.82. The molecule has 0 aromatic heterocycles. The van der Waals surface area contributed by atoms with E-state index in [9.17, 15) is 0 Å². The average Bonchev–Trinajstić information content (AvgIpc) is 3.52. The largest absolute Gasteiger partial charge is 0.493 e. The fourth-order valence-corrected chi connectivity index (χ4v) is 3.59. The van der Waals surface area contributed by atoms with Gasteiger partial charge in [-0.15, -0.1) is 24.0 Å². The van der Waals surface area contributed by atoms with Crippen LogP contribution < -0.4 is 15.4 Å². The molecule has 1 saturated carbocycles. The van der Waals surface area contributed by atoms with Gasteiger partial charge in [0.05, 0.1) is 19.8 Å². The first-order valence-corrected chi connectivity index (χ1v) is 10.6. The first-order chi connectivity index (χ1) is 13.6. The third-order valence-corrected chi connectivity index (χ3v) is 5.61. The smallest absolute Gasteiger partial charge is 0.191 e. The molecule has 1 saturated heterocycles. The van der Waals surface area contributed by atoms with Gasteiger partial charge in [0, 0.05) is 44.3 Å². The highest BCUT2D eigenvalue weighted by Crippen LogP contribution is 2.30. The third-order valence-electron chi connectivity index (χ3n) is 5.61. The van der Waals surface area contributed by atoms with E-state index in [0.29, 0.717) is 18.6 Å². The minimum Gasteiger partial charge on any atom is -0.493 e. The lowest BCUT2D eigenvalue weighted by Gasteiger charge is -2.38. The van der Waals surface area contributed by atoms with Crippen LogP contribution in [0.5, 0.6) is 5.75 Å². The number of benzene rings is 1. The molecule has 2 N–H and O–H groups in total. The molecule has 2 fully saturated rings. The lowest BCUT2D eigenvalue weighted by Crippen LogP contribution is -2.52. The van der Waals surface area contributed by atoms with Crippen LogP contribution in [0, 0.1) is 12.8 Å². The van der Waals surface area contributed by atoms with Gasteiger partial charge in [0.2, 0.25) is 0 Å². The van der Waals surface area contributed by atoms with Gasteiger partial charge in [-0.3, -0.25) is 9.89 Å². The van der Waals surface area contributed by atoms with Gasteiger partial charge in [0.15, 0.2) is 5.96 Å². The molecule has 0 amide bonds. The molecule has 7 heteroatoms. The van der Waals surface area contributed by atoms with Crippen molar-refractivity contribution in [3.05, 3.63) is 29.3 Å². The van der Waals surface area contributed by atoms with Gasteiger partial charge in [-0.1, -0.05) is 12.1 Å². The number of hydrogen-bond acceptors (Lipinski definition) is 4. The Balaban J connectivity index is 0.00000300. The van der Waals surface area contributed by atoms with Crippen molar-refractivity contribution in [3.8, 4) is 5.75 Å². The molecule has 0 bridgehead atoms. The maximum atomic E-state index is 6.08. The van der Waals surface area contributed by atoms with Gasteiger partial charge in [-0.05, 0) is 51.2 Å². The molecule has 1 aliphatic carbocycles. The molecule has 1 aromatic rings. The Kier molecular flexibility index (Phi) is 9.98. The van der Waals surface area contributed by atoms with Crippen LogP contribution in [0.4, 0.5) is 0 Å². The number of nitrogens with one attached hydrogen (secondary N) is 2. The van der Waals surface area contributed by atoms with E-state index < -0.39 is 0 Å². The normalized spacial score (nSPS) is 21.2. The van der Waals surface area contributed by atoms with Crippen LogP contribution in [0.2, 0.25) is 0 Å². The number of aryl methyl sites for hydroxylation is 1. The topological polar surface area (TPSA) is 58.1 Å². The van der Waals surface area contributed by atoms with Crippen molar-refractivity contribution in [2.45, 2.75) is 52.2 Å². The van der Waals surface area contributed by atoms with Crippen molar-refractivity contribution >= 4 is 29.9 Å². The minimum absolute atomic E-state index is 0. The summed E-state index contributed by atoms with van der Waals surface area (Å²) in [5, 5.41) is 6.90. The number of hydrogen-bond donors (Lipinski definition) is 2. The molecule has 164 valence electrons. The van der Waals surface area contributed by atoms with E-state index in [1.165, 1.54) is 24.0 Å². The molecule has 2 atom stereocenters. The Morgan fingerprint density at radius 1 is 1.34 bits per heavy atom. The first-order valence-electron chi connectivity index (χ1n) is 10.6. The summed E-state index contributed by atoms with van der Waals surface area (Å²) in [4.78, 5) is 6.87. The highest BCUT2D eigenvalue weighted by atomic mass is 127. The predicted octanol–water partition coefficient (Wildman–Crippen LogP) is 3.18. The first kappa shape index (κ1) is 24.2. The van der Waals surface area contributed by atoms with Crippen LogP contribution >= 0.6 is 24.0 Å². The molecule has 29 heavy (non-hydrogen) atoms. The van der Waals surface area contributed by atoms with Crippen molar-refractivity contribution in [1.29, 1.82) is 0 Å². The maximum Gasteiger partial charge on any atom is 0.191 e. The Hall–Kier alpha value is -1.06. The Morgan fingerprint density at radius 3 is 2.83 bits per heavy atom. The lowest BCUT2D eigenvalue weighted by molar-refractivity contribution is -0.0174. The monoisotopic (exact) mass is 516 g/mol. The molecule has 3 rings (SSSR count). The standard InChI is InChI=1S/C22H36N4O2.HI/c1-16-5-8-20(21(11-16)28-15-19-6-7-19)13-25-22(23-4)24-12-17(2)26-9-10-27-14-18(26)3;/h5,8,11,17-19H,6-7,9-10,12-15H2,1-4H3,(H2,23,24,25);1H. The Bertz CT molecular complexity index is 666. The molecule has 1 heterocycles. The second kappa shape index (κ2) is 12.0. The molecule has 1 aliphatic heterocycles. The number of ether oxygens (including phenoxy) is 2. The van der Waals surface area contributed by atoms with Crippen molar-refractivity contribution in [2.24, 2.45) is 10.9 Å². The number of morpholine rings is 1. The van der Waals surface area contributed by atoms with Crippen LogP contribution in [-0.4, -0.2) is 62.9 Å². The summed E-state index contributed by atoms with van der Waals surface area (Å²) in [6.07, 6.45) is 2.60. The van der Waals surface area contributed by atoms with Gasteiger partial charge in [0.1, 0.15) is 5.75 Å². The van der Waals surface area contributed by atoms with E-state index in [1.54, 1.807) is 0 Å². The van der Waals surface area contributed by atoms with E-state index in [-0.39, 0.29) is 24.0 Å². The molecule has 0 spiro atoms. The average molecular weight is 516 g/mol. The SMILES string of the molecule is CN=C(NCc1ccc(C)cc1OCC1CC1)NCC(C)N1CCOCC1C.I. The number of aliphatic imine (C=N–C) groups is 1. The van der Waals surface area contributed by atoms with E-state index in [1.807, 2.05) is 7.05 Å². The zero-order valence-corrected chi connectivity index (χ0v) is 20.6. The molecular formula is C22H37IN4O2. The molecule has 0 radical (unpaired) electrons. The Morgan fingerprint density at radius 2 is 2.14 bits per heavy atom. The third kappa shape index (κ3) is 7.61. The summed E-state index contributed by atoms with van der Waals surface area (Å²) in [5.41, 5.74) is 2.40. The maximum absolute atomic E-state index is 6.08.